The summed E-state index contributed by atoms with van der Waals surface area (Å²) in [4.78, 5) is 0. The van der Waals surface area contributed by atoms with Gasteiger partial charge in [-0.1, -0.05) is 24.4 Å². The first kappa shape index (κ1) is 13.5. The van der Waals surface area contributed by atoms with Gasteiger partial charge in [0, 0.05) is 0 Å². The molecule has 1 aromatic carbocycles. The Labute approximate surface area is 113 Å². The summed E-state index contributed by atoms with van der Waals surface area (Å²) in [6.45, 7) is 0. The first-order chi connectivity index (χ1) is 8.67. The van der Waals surface area contributed by atoms with Crippen LogP contribution in [-0.2, 0) is 0 Å². The molecular formula is C14H19ClO3. The molecule has 1 atom stereocenters. The molecule has 2 rings (SSSR count). The second-order valence-electron chi connectivity index (χ2n) is 4.73. The van der Waals surface area contributed by atoms with Crippen molar-refractivity contribution in [3.05, 3.63) is 22.7 Å². The van der Waals surface area contributed by atoms with Crippen LogP contribution in [0.1, 0.15) is 37.4 Å². The molecule has 0 bridgehead atoms. The number of hydrogen-bond donors (Lipinski definition) is 1. The number of hydrogen-bond acceptors (Lipinski definition) is 3. The molecule has 4 heteroatoms. The van der Waals surface area contributed by atoms with E-state index in [1.165, 1.54) is 12.8 Å². The second kappa shape index (κ2) is 5.81. The summed E-state index contributed by atoms with van der Waals surface area (Å²) in [7, 11) is 3.12. The maximum atomic E-state index is 10.4. The average molecular weight is 271 g/mol. The summed E-state index contributed by atoms with van der Waals surface area (Å²) >= 11 is 6.15. The van der Waals surface area contributed by atoms with Gasteiger partial charge in [-0.3, -0.25) is 0 Å². The third-order valence-electron chi connectivity index (χ3n) is 3.64. The highest BCUT2D eigenvalue weighted by Gasteiger charge is 2.26. The molecule has 0 aliphatic heterocycles. The Morgan fingerprint density at radius 2 is 1.89 bits per heavy atom. The van der Waals surface area contributed by atoms with Gasteiger partial charge in [0.15, 0.2) is 11.5 Å². The summed E-state index contributed by atoms with van der Waals surface area (Å²) in [5, 5.41) is 10.8. The second-order valence-corrected chi connectivity index (χ2v) is 5.13. The average Bonchev–Trinajstić information content (AvgIpc) is 2.90. The predicted octanol–water partition coefficient (Wildman–Crippen LogP) is 3.58. The lowest BCUT2D eigenvalue weighted by Gasteiger charge is -2.20. The zero-order valence-corrected chi connectivity index (χ0v) is 11.5. The fraction of sp³-hybridized carbons (Fsp3) is 0.571. The molecule has 1 saturated carbocycles. The quantitative estimate of drug-likeness (QED) is 0.909. The van der Waals surface area contributed by atoms with Crippen LogP contribution < -0.4 is 9.47 Å². The van der Waals surface area contributed by atoms with Crippen LogP contribution in [0.5, 0.6) is 11.5 Å². The summed E-state index contributed by atoms with van der Waals surface area (Å²) in [5.41, 5.74) is 0.810. The van der Waals surface area contributed by atoms with Crippen molar-refractivity contribution in [3.63, 3.8) is 0 Å². The lowest BCUT2D eigenvalue weighted by Crippen LogP contribution is -2.09. The van der Waals surface area contributed by atoms with Crippen molar-refractivity contribution >= 4 is 11.6 Å². The van der Waals surface area contributed by atoms with Gasteiger partial charge >= 0.3 is 0 Å². The van der Waals surface area contributed by atoms with Gasteiger partial charge in [0.2, 0.25) is 0 Å². The van der Waals surface area contributed by atoms with Gasteiger partial charge in [0.05, 0.1) is 25.3 Å². The zero-order chi connectivity index (χ0) is 13.1. The minimum absolute atomic E-state index is 0.333. The number of halogens is 1. The van der Waals surface area contributed by atoms with E-state index in [4.69, 9.17) is 21.1 Å². The Kier molecular flexibility index (Phi) is 4.36. The van der Waals surface area contributed by atoms with E-state index in [1.807, 2.05) is 6.07 Å². The molecule has 1 aromatic rings. The molecule has 100 valence electrons. The van der Waals surface area contributed by atoms with Crippen molar-refractivity contribution < 1.29 is 14.6 Å². The topological polar surface area (TPSA) is 38.7 Å². The minimum Gasteiger partial charge on any atom is -0.493 e. The molecule has 0 spiro atoms. The Hall–Kier alpha value is -0.930. The fourth-order valence-corrected chi connectivity index (χ4v) is 2.95. The summed E-state index contributed by atoms with van der Waals surface area (Å²) in [6, 6.07) is 3.58. The number of methoxy groups -OCH3 is 2. The van der Waals surface area contributed by atoms with E-state index in [9.17, 15) is 5.11 Å². The van der Waals surface area contributed by atoms with Crippen LogP contribution in [0.3, 0.4) is 0 Å². The zero-order valence-electron chi connectivity index (χ0n) is 10.8. The molecule has 3 nitrogen and oxygen atoms in total. The van der Waals surface area contributed by atoms with E-state index in [-0.39, 0.29) is 0 Å². The number of aliphatic hydroxyl groups excluding tert-OH is 1. The van der Waals surface area contributed by atoms with Gasteiger partial charge in [-0.25, -0.2) is 0 Å². The predicted molar refractivity (Wildman–Crippen MR) is 71.5 cm³/mol. The first-order valence-corrected chi connectivity index (χ1v) is 6.64. The summed E-state index contributed by atoms with van der Waals surface area (Å²) < 4.78 is 10.4. The van der Waals surface area contributed by atoms with Crippen molar-refractivity contribution in [2.75, 3.05) is 14.2 Å². The summed E-state index contributed by atoms with van der Waals surface area (Å²) in [5.74, 6) is 1.41. The van der Waals surface area contributed by atoms with Gasteiger partial charge in [-0.2, -0.15) is 0 Å². The third kappa shape index (κ3) is 2.57. The minimum atomic E-state index is -0.468. The van der Waals surface area contributed by atoms with Crippen LogP contribution >= 0.6 is 11.6 Å². The van der Waals surface area contributed by atoms with Crippen molar-refractivity contribution in [1.82, 2.24) is 0 Å². The number of benzene rings is 1. The maximum Gasteiger partial charge on any atom is 0.179 e. The molecule has 0 aromatic heterocycles. The third-order valence-corrected chi connectivity index (χ3v) is 3.92. The molecule has 1 aliphatic rings. The number of aliphatic hydroxyl groups is 1. The van der Waals surface area contributed by atoms with Crippen molar-refractivity contribution in [2.24, 2.45) is 5.92 Å². The lowest BCUT2D eigenvalue weighted by atomic mass is 9.94. The monoisotopic (exact) mass is 270 g/mol. The molecule has 1 aliphatic carbocycles. The molecule has 18 heavy (non-hydrogen) atoms. The highest BCUT2D eigenvalue weighted by molar-refractivity contribution is 6.32. The molecular weight excluding hydrogens is 252 g/mol. The molecule has 0 radical (unpaired) electrons. The molecule has 1 unspecified atom stereocenters. The van der Waals surface area contributed by atoms with Gasteiger partial charge in [-0.15, -0.1) is 0 Å². The largest absolute Gasteiger partial charge is 0.493 e. The van der Waals surface area contributed by atoms with E-state index in [0.717, 1.165) is 18.4 Å². The van der Waals surface area contributed by atoms with Crippen LogP contribution in [-0.4, -0.2) is 19.3 Å². The smallest absolute Gasteiger partial charge is 0.179 e. The standard InChI is InChI=1S/C14H19ClO3/c1-17-12-8-10(7-11(15)14(12)18-2)13(16)9-5-3-4-6-9/h7-9,13,16H,3-6H2,1-2H3. The van der Waals surface area contributed by atoms with Gasteiger partial charge < -0.3 is 14.6 Å². The van der Waals surface area contributed by atoms with E-state index >= 15 is 0 Å². The SMILES string of the molecule is COc1cc(C(O)C2CCCC2)cc(Cl)c1OC. The van der Waals surface area contributed by atoms with Crippen molar-refractivity contribution in [2.45, 2.75) is 31.8 Å². The van der Waals surface area contributed by atoms with Gasteiger partial charge in [-0.05, 0) is 36.5 Å². The number of ether oxygens (including phenoxy) is 2. The Morgan fingerprint density at radius 1 is 1.22 bits per heavy atom. The molecule has 0 saturated heterocycles. The van der Waals surface area contributed by atoms with Crippen molar-refractivity contribution in [3.8, 4) is 11.5 Å². The van der Waals surface area contributed by atoms with Crippen LogP contribution in [0.4, 0.5) is 0 Å². The maximum absolute atomic E-state index is 10.4. The van der Waals surface area contributed by atoms with Crippen LogP contribution in [0, 0.1) is 5.92 Å². The summed E-state index contributed by atoms with van der Waals surface area (Å²) in [6.07, 6.45) is 4.08. The van der Waals surface area contributed by atoms with Crippen LogP contribution in [0.25, 0.3) is 0 Å². The molecule has 1 fully saturated rings. The van der Waals surface area contributed by atoms with E-state index < -0.39 is 6.10 Å². The Morgan fingerprint density at radius 3 is 2.44 bits per heavy atom. The first-order valence-electron chi connectivity index (χ1n) is 6.27. The molecule has 0 amide bonds. The van der Waals surface area contributed by atoms with E-state index in [0.29, 0.717) is 22.4 Å². The van der Waals surface area contributed by atoms with Gasteiger partial charge in [0.25, 0.3) is 0 Å². The Bertz CT molecular complexity index is 414. The Balaban J connectivity index is 2.30. The highest BCUT2D eigenvalue weighted by atomic mass is 35.5. The lowest BCUT2D eigenvalue weighted by molar-refractivity contribution is 0.111. The van der Waals surface area contributed by atoms with Gasteiger partial charge in [0.1, 0.15) is 0 Å². The fourth-order valence-electron chi connectivity index (χ4n) is 2.65. The van der Waals surface area contributed by atoms with Crippen LogP contribution in [0.15, 0.2) is 12.1 Å². The molecule has 0 heterocycles. The highest BCUT2D eigenvalue weighted by Crippen LogP contribution is 2.41. The normalized spacial score (nSPS) is 17.8. The molecule has 1 N–H and O–H groups in total. The number of rotatable bonds is 4. The van der Waals surface area contributed by atoms with Crippen molar-refractivity contribution in [1.29, 1.82) is 0 Å². The van der Waals surface area contributed by atoms with E-state index in [1.54, 1.807) is 20.3 Å². The van der Waals surface area contributed by atoms with Crippen LogP contribution in [0.2, 0.25) is 5.02 Å². The van der Waals surface area contributed by atoms with E-state index in [2.05, 4.69) is 0 Å².